The summed E-state index contributed by atoms with van der Waals surface area (Å²) in [5, 5.41) is 6.26. The Hall–Kier alpha value is -2.44. The summed E-state index contributed by atoms with van der Waals surface area (Å²) in [5.41, 5.74) is 2.99. The van der Waals surface area contributed by atoms with Gasteiger partial charge in [-0.1, -0.05) is 42.5 Å². The first kappa shape index (κ1) is 17.9. The number of para-hydroxylation sites is 1. The zero-order valence-corrected chi connectivity index (χ0v) is 16.3. The first-order valence-corrected chi connectivity index (χ1v) is 10.2. The summed E-state index contributed by atoms with van der Waals surface area (Å²) < 4.78 is 1.10. The van der Waals surface area contributed by atoms with Gasteiger partial charge in [0.15, 0.2) is 5.13 Å². The third-order valence-electron chi connectivity index (χ3n) is 4.99. The van der Waals surface area contributed by atoms with Crippen LogP contribution in [0, 0.1) is 5.92 Å². The lowest BCUT2D eigenvalue weighted by Crippen LogP contribution is -2.32. The summed E-state index contributed by atoms with van der Waals surface area (Å²) in [6.45, 7) is 5.67. The SMILES string of the molecule is CC1CCN(Cc2ccc3nc(NC(=O)Nc4ccccc4)sc3c2)CC1. The Kier molecular flexibility index (Phi) is 5.36. The van der Waals surface area contributed by atoms with Gasteiger partial charge in [-0.2, -0.15) is 0 Å². The van der Waals surface area contributed by atoms with Gasteiger partial charge in [-0.25, -0.2) is 9.78 Å². The molecule has 4 rings (SSSR count). The van der Waals surface area contributed by atoms with E-state index in [1.165, 1.54) is 42.8 Å². The van der Waals surface area contributed by atoms with Gasteiger partial charge in [0.05, 0.1) is 10.2 Å². The monoisotopic (exact) mass is 380 g/mol. The topological polar surface area (TPSA) is 57.3 Å². The second-order valence-electron chi connectivity index (χ2n) is 7.22. The van der Waals surface area contributed by atoms with Gasteiger partial charge in [-0.3, -0.25) is 10.2 Å². The van der Waals surface area contributed by atoms with Gasteiger partial charge in [0, 0.05) is 12.2 Å². The maximum Gasteiger partial charge on any atom is 0.325 e. The molecule has 5 nitrogen and oxygen atoms in total. The van der Waals surface area contributed by atoms with Crippen LogP contribution in [0.3, 0.4) is 0 Å². The Balaban J connectivity index is 1.40. The summed E-state index contributed by atoms with van der Waals surface area (Å²) in [5.74, 6) is 0.848. The van der Waals surface area contributed by atoms with Gasteiger partial charge in [0.25, 0.3) is 0 Å². The van der Waals surface area contributed by atoms with Crippen LogP contribution in [0.2, 0.25) is 0 Å². The zero-order chi connectivity index (χ0) is 18.6. The molecule has 0 unspecified atom stereocenters. The Morgan fingerprint density at radius 1 is 1.15 bits per heavy atom. The molecule has 0 bridgehead atoms. The molecule has 2 amide bonds. The van der Waals surface area contributed by atoms with Crippen molar-refractivity contribution in [3.05, 3.63) is 54.1 Å². The van der Waals surface area contributed by atoms with E-state index in [-0.39, 0.29) is 6.03 Å². The van der Waals surface area contributed by atoms with Crippen LogP contribution in [0.5, 0.6) is 0 Å². The first-order chi connectivity index (χ1) is 13.2. The Labute approximate surface area is 163 Å². The van der Waals surface area contributed by atoms with Crippen molar-refractivity contribution in [3.8, 4) is 0 Å². The van der Waals surface area contributed by atoms with E-state index in [1.807, 2.05) is 36.4 Å². The zero-order valence-electron chi connectivity index (χ0n) is 15.4. The number of fused-ring (bicyclic) bond motifs is 1. The highest BCUT2D eigenvalue weighted by atomic mass is 32.1. The molecule has 0 radical (unpaired) electrons. The van der Waals surface area contributed by atoms with Crippen LogP contribution in [-0.4, -0.2) is 29.0 Å². The van der Waals surface area contributed by atoms with Gasteiger partial charge >= 0.3 is 6.03 Å². The number of hydrogen-bond donors (Lipinski definition) is 2. The minimum atomic E-state index is -0.275. The van der Waals surface area contributed by atoms with Crippen LogP contribution in [0.15, 0.2) is 48.5 Å². The van der Waals surface area contributed by atoms with E-state index in [4.69, 9.17) is 0 Å². The van der Waals surface area contributed by atoms with Crippen LogP contribution in [-0.2, 0) is 6.54 Å². The lowest BCUT2D eigenvalue weighted by Gasteiger charge is -2.30. The minimum absolute atomic E-state index is 0.275. The molecule has 1 fully saturated rings. The number of piperidine rings is 1. The van der Waals surface area contributed by atoms with Crippen LogP contribution < -0.4 is 10.6 Å². The number of aromatic nitrogens is 1. The summed E-state index contributed by atoms with van der Waals surface area (Å²) >= 11 is 1.51. The van der Waals surface area contributed by atoms with Crippen molar-refractivity contribution < 1.29 is 4.79 Å². The molecule has 2 N–H and O–H groups in total. The van der Waals surface area contributed by atoms with Gasteiger partial charge in [-0.15, -0.1) is 0 Å². The fourth-order valence-corrected chi connectivity index (χ4v) is 4.30. The van der Waals surface area contributed by atoms with Crippen molar-refractivity contribution in [2.45, 2.75) is 26.3 Å². The summed E-state index contributed by atoms with van der Waals surface area (Å²) in [6.07, 6.45) is 2.57. The molecule has 1 aliphatic rings. The van der Waals surface area contributed by atoms with E-state index >= 15 is 0 Å². The molecule has 0 atom stereocenters. The molecule has 2 heterocycles. The fourth-order valence-electron chi connectivity index (χ4n) is 3.38. The van der Waals surface area contributed by atoms with Crippen molar-refractivity contribution >= 4 is 38.4 Å². The second-order valence-corrected chi connectivity index (χ2v) is 8.26. The van der Waals surface area contributed by atoms with E-state index in [2.05, 4.69) is 39.6 Å². The predicted octanol–water partition coefficient (Wildman–Crippen LogP) is 5.17. The Morgan fingerprint density at radius 3 is 2.70 bits per heavy atom. The highest BCUT2D eigenvalue weighted by molar-refractivity contribution is 7.22. The molecule has 1 aliphatic heterocycles. The molecule has 1 aromatic heterocycles. The van der Waals surface area contributed by atoms with Crippen molar-refractivity contribution in [1.29, 1.82) is 0 Å². The van der Waals surface area contributed by atoms with Crippen LogP contribution in [0.4, 0.5) is 15.6 Å². The average Bonchev–Trinajstić information content (AvgIpc) is 3.05. The number of urea groups is 1. The number of hydrogen-bond acceptors (Lipinski definition) is 4. The number of carbonyl (C=O) groups excluding carboxylic acids is 1. The van der Waals surface area contributed by atoms with Gasteiger partial charge < -0.3 is 5.32 Å². The number of likely N-dealkylation sites (tertiary alicyclic amines) is 1. The van der Waals surface area contributed by atoms with E-state index in [0.29, 0.717) is 5.13 Å². The van der Waals surface area contributed by atoms with Crippen molar-refractivity contribution in [2.75, 3.05) is 23.7 Å². The average molecular weight is 381 g/mol. The van der Waals surface area contributed by atoms with Crippen LogP contribution in [0.1, 0.15) is 25.3 Å². The molecule has 3 aromatic rings. The Bertz CT molecular complexity index is 916. The highest BCUT2D eigenvalue weighted by Crippen LogP contribution is 2.28. The smallest absolute Gasteiger partial charge is 0.308 e. The maximum atomic E-state index is 12.2. The number of benzene rings is 2. The summed E-state index contributed by atoms with van der Waals surface area (Å²) in [7, 11) is 0. The number of thiazole rings is 1. The summed E-state index contributed by atoms with van der Waals surface area (Å²) in [6, 6.07) is 15.5. The largest absolute Gasteiger partial charge is 0.325 e. The van der Waals surface area contributed by atoms with Crippen LogP contribution in [0.25, 0.3) is 10.2 Å². The Morgan fingerprint density at radius 2 is 1.93 bits per heavy atom. The van der Waals surface area contributed by atoms with Gasteiger partial charge in [-0.05, 0) is 61.7 Å². The van der Waals surface area contributed by atoms with Crippen LogP contribution >= 0.6 is 11.3 Å². The number of carbonyl (C=O) groups is 1. The first-order valence-electron chi connectivity index (χ1n) is 9.40. The fraction of sp³-hybridized carbons (Fsp3) is 0.333. The lowest BCUT2D eigenvalue weighted by molar-refractivity contribution is 0.185. The predicted molar refractivity (Wildman–Crippen MR) is 112 cm³/mol. The summed E-state index contributed by atoms with van der Waals surface area (Å²) in [4.78, 5) is 19.2. The molecule has 2 aromatic carbocycles. The number of nitrogens with one attached hydrogen (secondary N) is 2. The molecule has 140 valence electrons. The van der Waals surface area contributed by atoms with E-state index in [1.54, 1.807) is 0 Å². The van der Waals surface area contributed by atoms with Crippen molar-refractivity contribution in [2.24, 2.45) is 5.92 Å². The van der Waals surface area contributed by atoms with Crippen molar-refractivity contribution in [3.63, 3.8) is 0 Å². The number of nitrogens with zero attached hydrogens (tertiary/aromatic N) is 2. The molecule has 0 saturated carbocycles. The molecular weight excluding hydrogens is 356 g/mol. The number of rotatable bonds is 4. The molecule has 1 saturated heterocycles. The normalized spacial score (nSPS) is 15.7. The number of anilines is 2. The molecule has 0 aliphatic carbocycles. The standard InChI is InChI=1S/C21H24N4OS/c1-15-9-11-25(12-10-15)14-16-7-8-18-19(13-16)27-21(23-18)24-20(26)22-17-5-3-2-4-6-17/h2-8,13,15H,9-12,14H2,1H3,(H2,22,23,24,26). The third kappa shape index (κ3) is 4.64. The molecular formula is C21H24N4OS. The van der Waals surface area contributed by atoms with Gasteiger partial charge in [0.1, 0.15) is 0 Å². The third-order valence-corrected chi connectivity index (χ3v) is 5.92. The maximum absolute atomic E-state index is 12.2. The molecule has 6 heteroatoms. The number of amides is 2. The van der Waals surface area contributed by atoms with E-state index in [0.717, 1.165) is 28.4 Å². The quantitative estimate of drug-likeness (QED) is 0.656. The second kappa shape index (κ2) is 8.06. The lowest BCUT2D eigenvalue weighted by atomic mass is 9.99. The van der Waals surface area contributed by atoms with Crippen molar-refractivity contribution in [1.82, 2.24) is 9.88 Å². The van der Waals surface area contributed by atoms with E-state index in [9.17, 15) is 4.79 Å². The van der Waals surface area contributed by atoms with E-state index < -0.39 is 0 Å². The minimum Gasteiger partial charge on any atom is -0.308 e. The molecule has 27 heavy (non-hydrogen) atoms. The molecule has 0 spiro atoms. The van der Waals surface area contributed by atoms with Gasteiger partial charge in [0.2, 0.25) is 0 Å². The highest BCUT2D eigenvalue weighted by Gasteiger charge is 2.16.